The molecule has 0 bridgehead atoms. The molecule has 1 aliphatic rings. The molecule has 5 atom stereocenters. The van der Waals surface area contributed by atoms with Gasteiger partial charge in [-0.2, -0.15) is 0 Å². The van der Waals surface area contributed by atoms with E-state index in [4.69, 9.17) is 18.9 Å². The van der Waals surface area contributed by atoms with Gasteiger partial charge in [0.05, 0.1) is 0 Å². The summed E-state index contributed by atoms with van der Waals surface area (Å²) in [6.45, 7) is 1.10. The van der Waals surface area contributed by atoms with Gasteiger partial charge in [-0.1, -0.05) is 0 Å². The summed E-state index contributed by atoms with van der Waals surface area (Å²) in [5.74, 6) is -0.488. The van der Waals surface area contributed by atoms with Gasteiger partial charge in [-0.25, -0.2) is 0 Å². The minimum atomic E-state index is -1.24. The Balaban J connectivity index is 2.66. The van der Waals surface area contributed by atoms with Crippen molar-refractivity contribution in [1.29, 1.82) is 0 Å². The molecular weight excluding hydrogens is 232 g/mol. The summed E-state index contributed by atoms with van der Waals surface area (Å²) in [5, 5.41) is 19.6. The predicted octanol–water partition coefficient (Wildman–Crippen LogP) is -1.34. The van der Waals surface area contributed by atoms with E-state index in [9.17, 15) is 15.0 Å². The maximum absolute atomic E-state index is 10.7. The molecule has 1 rings (SSSR count). The highest BCUT2D eigenvalue weighted by Gasteiger charge is 2.45. The van der Waals surface area contributed by atoms with Crippen LogP contribution < -0.4 is 0 Å². The smallest absolute Gasteiger partial charge is 0.302 e. The summed E-state index contributed by atoms with van der Waals surface area (Å²) < 4.78 is 19.9. The standard InChI is InChI=1S/C10H18O7/c1-5(11)16-4-6-7(12)8(14-2)9(15-3)10(13)17-6/h6-10,12-13H,4H2,1-3H3/t6-,7-,8+,9-,10+/m1/s1. The van der Waals surface area contributed by atoms with E-state index in [1.165, 1.54) is 21.1 Å². The third kappa shape index (κ3) is 3.36. The molecule has 7 heteroatoms. The van der Waals surface area contributed by atoms with Gasteiger partial charge in [0.1, 0.15) is 31.0 Å². The van der Waals surface area contributed by atoms with E-state index in [2.05, 4.69) is 0 Å². The molecule has 0 aliphatic carbocycles. The van der Waals surface area contributed by atoms with Crippen molar-refractivity contribution in [2.24, 2.45) is 0 Å². The van der Waals surface area contributed by atoms with E-state index in [-0.39, 0.29) is 6.61 Å². The highest BCUT2D eigenvalue weighted by Crippen LogP contribution is 2.24. The second-order valence-electron chi connectivity index (χ2n) is 3.76. The van der Waals surface area contributed by atoms with E-state index < -0.39 is 36.7 Å². The molecule has 2 N–H and O–H groups in total. The van der Waals surface area contributed by atoms with Crippen LogP contribution in [0, 0.1) is 0 Å². The number of esters is 1. The van der Waals surface area contributed by atoms with Crippen LogP contribution in [0.15, 0.2) is 0 Å². The van der Waals surface area contributed by atoms with Crippen molar-refractivity contribution in [2.45, 2.75) is 37.6 Å². The first kappa shape index (κ1) is 14.3. The van der Waals surface area contributed by atoms with Crippen molar-refractivity contribution in [1.82, 2.24) is 0 Å². The number of hydrogen-bond donors (Lipinski definition) is 2. The predicted molar refractivity (Wildman–Crippen MR) is 55.1 cm³/mol. The highest BCUT2D eigenvalue weighted by molar-refractivity contribution is 5.65. The summed E-state index contributed by atoms with van der Waals surface area (Å²) >= 11 is 0. The first-order valence-corrected chi connectivity index (χ1v) is 5.21. The maximum atomic E-state index is 10.7. The lowest BCUT2D eigenvalue weighted by molar-refractivity contribution is -0.296. The largest absolute Gasteiger partial charge is 0.463 e. The van der Waals surface area contributed by atoms with Crippen molar-refractivity contribution >= 4 is 5.97 Å². The van der Waals surface area contributed by atoms with E-state index in [1.807, 2.05) is 0 Å². The minimum absolute atomic E-state index is 0.149. The van der Waals surface area contributed by atoms with Crippen LogP contribution in [0.3, 0.4) is 0 Å². The number of aliphatic hydroxyl groups is 2. The third-order valence-electron chi connectivity index (χ3n) is 2.63. The van der Waals surface area contributed by atoms with Crippen molar-refractivity contribution in [3.63, 3.8) is 0 Å². The van der Waals surface area contributed by atoms with Gasteiger partial charge in [0.2, 0.25) is 0 Å². The molecule has 0 amide bonds. The normalized spacial score (nSPS) is 37.8. The minimum Gasteiger partial charge on any atom is -0.463 e. The molecule has 1 saturated heterocycles. The molecular formula is C10H18O7. The second kappa shape index (κ2) is 6.27. The molecule has 1 heterocycles. The van der Waals surface area contributed by atoms with Gasteiger partial charge < -0.3 is 29.2 Å². The van der Waals surface area contributed by atoms with Crippen molar-refractivity contribution in [2.75, 3.05) is 20.8 Å². The quantitative estimate of drug-likeness (QED) is 0.596. The molecule has 100 valence electrons. The topological polar surface area (TPSA) is 94.5 Å². The Labute approximate surface area is 99.2 Å². The second-order valence-corrected chi connectivity index (χ2v) is 3.76. The lowest BCUT2D eigenvalue weighted by Gasteiger charge is -2.41. The molecule has 1 aliphatic heterocycles. The SMILES string of the molecule is CO[C@@H]1[C@@H](OC)[C@H](O)[C@@H](COC(C)=O)O[C@@H]1O. The lowest BCUT2D eigenvalue weighted by atomic mass is 9.99. The Hall–Kier alpha value is -0.730. The zero-order valence-electron chi connectivity index (χ0n) is 10.0. The van der Waals surface area contributed by atoms with E-state index in [0.29, 0.717) is 0 Å². The fourth-order valence-corrected chi connectivity index (χ4v) is 1.77. The number of hydrogen-bond acceptors (Lipinski definition) is 7. The molecule has 0 unspecified atom stereocenters. The molecule has 0 aromatic carbocycles. The molecule has 0 aromatic rings. The van der Waals surface area contributed by atoms with Gasteiger partial charge in [0.15, 0.2) is 6.29 Å². The number of ether oxygens (including phenoxy) is 4. The zero-order chi connectivity index (χ0) is 13.0. The number of rotatable bonds is 4. The summed E-state index contributed by atoms with van der Waals surface area (Å²) in [4.78, 5) is 10.7. The first-order chi connectivity index (χ1) is 8.01. The monoisotopic (exact) mass is 250 g/mol. The highest BCUT2D eigenvalue weighted by atomic mass is 16.7. The average Bonchev–Trinajstić information content (AvgIpc) is 2.28. The molecule has 0 aromatic heterocycles. The zero-order valence-corrected chi connectivity index (χ0v) is 10.0. The van der Waals surface area contributed by atoms with E-state index in [0.717, 1.165) is 0 Å². The van der Waals surface area contributed by atoms with Crippen molar-refractivity contribution in [3.8, 4) is 0 Å². The molecule has 0 radical (unpaired) electrons. The first-order valence-electron chi connectivity index (χ1n) is 5.21. The number of methoxy groups -OCH3 is 2. The van der Waals surface area contributed by atoms with Gasteiger partial charge in [0, 0.05) is 21.1 Å². The summed E-state index contributed by atoms with van der Waals surface area (Å²) in [5.41, 5.74) is 0. The molecule has 0 spiro atoms. The van der Waals surface area contributed by atoms with Crippen LogP contribution in [0.1, 0.15) is 6.92 Å². The van der Waals surface area contributed by atoms with Gasteiger partial charge >= 0.3 is 5.97 Å². The van der Waals surface area contributed by atoms with Crippen molar-refractivity contribution < 1.29 is 34.0 Å². The fraction of sp³-hybridized carbons (Fsp3) is 0.900. The molecule has 0 saturated carbocycles. The van der Waals surface area contributed by atoms with Crippen molar-refractivity contribution in [3.05, 3.63) is 0 Å². The Kier molecular flexibility index (Phi) is 5.29. The van der Waals surface area contributed by atoms with Gasteiger partial charge in [-0.3, -0.25) is 4.79 Å². The Bertz CT molecular complexity index is 257. The van der Waals surface area contributed by atoms with Crippen LogP contribution >= 0.6 is 0 Å². The van der Waals surface area contributed by atoms with Crippen LogP contribution in [0.2, 0.25) is 0 Å². The Morgan fingerprint density at radius 1 is 1.24 bits per heavy atom. The lowest BCUT2D eigenvalue weighted by Crippen LogP contribution is -2.60. The number of carbonyl (C=O) groups excluding carboxylic acids is 1. The fourth-order valence-electron chi connectivity index (χ4n) is 1.77. The Morgan fingerprint density at radius 3 is 2.29 bits per heavy atom. The van der Waals surface area contributed by atoms with Gasteiger partial charge in [0.25, 0.3) is 0 Å². The Morgan fingerprint density at radius 2 is 1.82 bits per heavy atom. The number of carbonyl (C=O) groups is 1. The van der Waals surface area contributed by atoms with Crippen LogP contribution in [0.25, 0.3) is 0 Å². The summed E-state index contributed by atoms with van der Waals surface area (Å²) in [6.07, 6.45) is -4.67. The van der Waals surface area contributed by atoms with Crippen LogP contribution in [-0.2, 0) is 23.7 Å². The molecule has 7 nitrogen and oxygen atoms in total. The summed E-state index contributed by atoms with van der Waals surface area (Å²) in [7, 11) is 2.77. The van der Waals surface area contributed by atoms with Crippen LogP contribution in [0.4, 0.5) is 0 Å². The van der Waals surface area contributed by atoms with Gasteiger partial charge in [-0.05, 0) is 0 Å². The molecule has 1 fully saturated rings. The van der Waals surface area contributed by atoms with Gasteiger partial charge in [-0.15, -0.1) is 0 Å². The molecule has 17 heavy (non-hydrogen) atoms. The van der Waals surface area contributed by atoms with Crippen LogP contribution in [0.5, 0.6) is 0 Å². The third-order valence-corrected chi connectivity index (χ3v) is 2.63. The average molecular weight is 250 g/mol. The maximum Gasteiger partial charge on any atom is 0.302 e. The summed E-state index contributed by atoms with van der Waals surface area (Å²) in [6, 6.07) is 0. The van der Waals surface area contributed by atoms with E-state index >= 15 is 0 Å². The van der Waals surface area contributed by atoms with E-state index in [1.54, 1.807) is 0 Å². The number of aliphatic hydroxyl groups excluding tert-OH is 2. The van der Waals surface area contributed by atoms with Crippen LogP contribution in [-0.4, -0.2) is 67.7 Å².